The number of aliphatic carboxylic acids is 1. The standard InChI is InChI=1S/C22H22F2N2O2/c1-12-4-6-14(7-5-12)19-15(11-18(27)28)13(2)20-21-16(19)10-17(22(23)24)26(21)9-8-25(20)3/h4-7,10,22H,8-9,11H2,1-3H3,(H,27,28). The van der Waals surface area contributed by atoms with E-state index in [-0.39, 0.29) is 12.1 Å². The summed E-state index contributed by atoms with van der Waals surface area (Å²) < 4.78 is 29.2. The number of benzene rings is 2. The Labute approximate surface area is 162 Å². The van der Waals surface area contributed by atoms with Gasteiger partial charge in [0.1, 0.15) is 0 Å². The molecule has 1 N–H and O–H groups in total. The molecule has 0 radical (unpaired) electrons. The second-order valence-corrected chi connectivity index (χ2v) is 7.47. The van der Waals surface area contributed by atoms with Gasteiger partial charge in [0.15, 0.2) is 0 Å². The maximum absolute atomic E-state index is 13.8. The van der Waals surface area contributed by atoms with Crippen molar-refractivity contribution in [2.24, 2.45) is 0 Å². The molecule has 2 heterocycles. The first-order valence-electron chi connectivity index (χ1n) is 9.26. The molecule has 1 aliphatic heterocycles. The molecule has 0 aliphatic carbocycles. The van der Waals surface area contributed by atoms with E-state index >= 15 is 0 Å². The van der Waals surface area contributed by atoms with Crippen LogP contribution in [0.5, 0.6) is 0 Å². The number of likely N-dealkylation sites (N-methyl/N-ethyl adjacent to an activating group) is 1. The molecule has 0 amide bonds. The van der Waals surface area contributed by atoms with Crippen LogP contribution in [-0.2, 0) is 17.8 Å². The van der Waals surface area contributed by atoms with Crippen molar-refractivity contribution in [1.29, 1.82) is 0 Å². The molecule has 4 nitrogen and oxygen atoms in total. The van der Waals surface area contributed by atoms with Crippen molar-refractivity contribution < 1.29 is 18.7 Å². The second kappa shape index (κ2) is 6.62. The summed E-state index contributed by atoms with van der Waals surface area (Å²) in [6.45, 7) is 4.96. The molecule has 0 atom stereocenters. The summed E-state index contributed by atoms with van der Waals surface area (Å²) in [5, 5.41) is 10.2. The lowest BCUT2D eigenvalue weighted by atomic mass is 9.88. The molecule has 0 unspecified atom stereocenters. The van der Waals surface area contributed by atoms with Crippen molar-refractivity contribution in [1.82, 2.24) is 4.57 Å². The van der Waals surface area contributed by atoms with Crippen molar-refractivity contribution in [2.75, 3.05) is 18.5 Å². The summed E-state index contributed by atoms with van der Waals surface area (Å²) in [6, 6.07) is 9.32. The number of carboxylic acids is 1. The zero-order valence-corrected chi connectivity index (χ0v) is 16.1. The van der Waals surface area contributed by atoms with Crippen molar-refractivity contribution in [3.63, 3.8) is 0 Å². The summed E-state index contributed by atoms with van der Waals surface area (Å²) in [5.74, 6) is -0.935. The van der Waals surface area contributed by atoms with E-state index in [1.165, 1.54) is 0 Å². The van der Waals surface area contributed by atoms with Gasteiger partial charge in [0.25, 0.3) is 6.43 Å². The molecule has 0 saturated carbocycles. The number of hydrogen-bond donors (Lipinski definition) is 1. The summed E-state index contributed by atoms with van der Waals surface area (Å²) in [5.41, 5.74) is 5.81. The van der Waals surface area contributed by atoms with Crippen LogP contribution in [0, 0.1) is 13.8 Å². The maximum atomic E-state index is 13.8. The number of hydrogen-bond acceptors (Lipinski definition) is 2. The number of anilines is 1. The molecule has 28 heavy (non-hydrogen) atoms. The smallest absolute Gasteiger partial charge is 0.307 e. The van der Waals surface area contributed by atoms with Gasteiger partial charge < -0.3 is 14.6 Å². The Morgan fingerprint density at radius 3 is 2.46 bits per heavy atom. The molecular weight excluding hydrogens is 362 g/mol. The van der Waals surface area contributed by atoms with Crippen LogP contribution in [0.1, 0.15) is 28.8 Å². The molecule has 1 aromatic heterocycles. The fourth-order valence-electron chi connectivity index (χ4n) is 4.36. The van der Waals surface area contributed by atoms with E-state index in [0.29, 0.717) is 24.0 Å². The molecule has 0 spiro atoms. The lowest BCUT2D eigenvalue weighted by Crippen LogP contribution is -2.29. The quantitative estimate of drug-likeness (QED) is 0.693. The van der Waals surface area contributed by atoms with Gasteiger partial charge >= 0.3 is 5.97 Å². The molecule has 2 aromatic carbocycles. The number of halogens is 2. The Bertz CT molecular complexity index is 1080. The predicted molar refractivity (Wildman–Crippen MR) is 106 cm³/mol. The molecular formula is C22H22F2N2O2. The van der Waals surface area contributed by atoms with Crippen molar-refractivity contribution >= 4 is 22.6 Å². The highest BCUT2D eigenvalue weighted by Crippen LogP contribution is 2.45. The van der Waals surface area contributed by atoms with Crippen LogP contribution in [0.2, 0.25) is 0 Å². The van der Waals surface area contributed by atoms with Gasteiger partial charge in [-0.2, -0.15) is 0 Å². The zero-order chi connectivity index (χ0) is 20.2. The third kappa shape index (κ3) is 2.75. The third-order valence-electron chi connectivity index (χ3n) is 5.66. The Morgan fingerprint density at radius 2 is 1.86 bits per heavy atom. The van der Waals surface area contributed by atoms with Gasteiger partial charge in [0.05, 0.1) is 23.3 Å². The molecule has 0 fully saturated rings. The van der Waals surface area contributed by atoms with Crippen molar-refractivity contribution in [2.45, 2.75) is 33.2 Å². The summed E-state index contributed by atoms with van der Waals surface area (Å²) in [7, 11) is 1.93. The largest absolute Gasteiger partial charge is 0.481 e. The first-order chi connectivity index (χ1) is 13.3. The van der Waals surface area contributed by atoms with E-state index in [9.17, 15) is 18.7 Å². The number of carbonyl (C=O) groups is 1. The number of alkyl halides is 2. The van der Waals surface area contributed by atoms with E-state index in [0.717, 1.165) is 33.5 Å². The third-order valence-corrected chi connectivity index (χ3v) is 5.66. The number of carboxylic acid groups (broad SMARTS) is 1. The van der Waals surface area contributed by atoms with Crippen LogP contribution in [0.25, 0.3) is 22.0 Å². The summed E-state index contributed by atoms with van der Waals surface area (Å²) in [4.78, 5) is 13.7. The van der Waals surface area contributed by atoms with Crippen LogP contribution in [-0.4, -0.2) is 29.2 Å². The average Bonchev–Trinajstić information content (AvgIpc) is 3.01. The number of aryl methyl sites for hydroxylation is 1. The molecule has 6 heteroatoms. The fraction of sp³-hybridized carbons (Fsp3) is 0.318. The Morgan fingerprint density at radius 1 is 1.18 bits per heavy atom. The Kier molecular flexibility index (Phi) is 4.37. The molecule has 4 rings (SSSR count). The van der Waals surface area contributed by atoms with Gasteiger partial charge in [0, 0.05) is 25.5 Å². The highest BCUT2D eigenvalue weighted by Gasteiger charge is 2.30. The van der Waals surface area contributed by atoms with E-state index in [4.69, 9.17) is 0 Å². The predicted octanol–water partition coefficient (Wildman–Crippen LogP) is 4.94. The summed E-state index contributed by atoms with van der Waals surface area (Å²) in [6.07, 6.45) is -2.74. The topological polar surface area (TPSA) is 45.5 Å². The first kappa shape index (κ1) is 18.5. The minimum Gasteiger partial charge on any atom is -0.481 e. The number of nitrogens with zero attached hydrogens (tertiary/aromatic N) is 2. The highest BCUT2D eigenvalue weighted by atomic mass is 19.3. The molecule has 3 aromatic rings. The fourth-order valence-corrected chi connectivity index (χ4v) is 4.36. The van der Waals surface area contributed by atoms with Crippen LogP contribution >= 0.6 is 0 Å². The van der Waals surface area contributed by atoms with Crippen molar-refractivity contribution in [3.05, 3.63) is 52.7 Å². The summed E-state index contributed by atoms with van der Waals surface area (Å²) >= 11 is 0. The van der Waals surface area contributed by atoms with Crippen LogP contribution in [0.15, 0.2) is 30.3 Å². The lowest BCUT2D eigenvalue weighted by molar-refractivity contribution is -0.136. The highest BCUT2D eigenvalue weighted by molar-refractivity contribution is 6.07. The Balaban J connectivity index is 2.17. The lowest BCUT2D eigenvalue weighted by Gasteiger charge is -2.31. The monoisotopic (exact) mass is 384 g/mol. The molecule has 146 valence electrons. The molecule has 0 bridgehead atoms. The van der Waals surface area contributed by atoms with Gasteiger partial charge in [-0.3, -0.25) is 4.79 Å². The van der Waals surface area contributed by atoms with E-state index in [1.54, 1.807) is 10.6 Å². The molecule has 0 saturated heterocycles. The maximum Gasteiger partial charge on any atom is 0.307 e. The average molecular weight is 384 g/mol. The SMILES string of the molecule is Cc1ccc(-c2c(CC(=O)O)c(C)c3c4c2cc(C(F)F)n4CCN3C)cc1. The second-order valence-electron chi connectivity index (χ2n) is 7.47. The van der Waals surface area contributed by atoms with Gasteiger partial charge in [0.2, 0.25) is 0 Å². The number of rotatable bonds is 4. The van der Waals surface area contributed by atoms with Gasteiger partial charge in [-0.05, 0) is 42.2 Å². The Hall–Kier alpha value is -2.89. The van der Waals surface area contributed by atoms with Crippen LogP contribution in [0.3, 0.4) is 0 Å². The van der Waals surface area contributed by atoms with Crippen LogP contribution in [0.4, 0.5) is 14.5 Å². The van der Waals surface area contributed by atoms with Crippen molar-refractivity contribution in [3.8, 4) is 11.1 Å². The molecule has 1 aliphatic rings. The normalized spacial score (nSPS) is 13.6. The van der Waals surface area contributed by atoms with Gasteiger partial charge in [-0.1, -0.05) is 29.8 Å². The minimum atomic E-state index is -2.59. The van der Waals surface area contributed by atoms with E-state index in [1.807, 2.05) is 50.1 Å². The van der Waals surface area contributed by atoms with Gasteiger partial charge in [-0.25, -0.2) is 8.78 Å². The number of aromatic nitrogens is 1. The van der Waals surface area contributed by atoms with E-state index < -0.39 is 12.4 Å². The minimum absolute atomic E-state index is 0.00964. The zero-order valence-electron chi connectivity index (χ0n) is 16.1. The van der Waals surface area contributed by atoms with E-state index in [2.05, 4.69) is 0 Å². The van der Waals surface area contributed by atoms with Crippen LogP contribution < -0.4 is 4.90 Å². The first-order valence-corrected chi connectivity index (χ1v) is 9.26. The van der Waals surface area contributed by atoms with Gasteiger partial charge in [-0.15, -0.1) is 0 Å².